The summed E-state index contributed by atoms with van der Waals surface area (Å²) < 4.78 is 2.18. The van der Waals surface area contributed by atoms with Crippen molar-refractivity contribution < 1.29 is 0 Å². The van der Waals surface area contributed by atoms with Gasteiger partial charge in [-0.15, -0.1) is 0 Å². The highest BCUT2D eigenvalue weighted by Gasteiger charge is 2.21. The molecule has 23 heavy (non-hydrogen) atoms. The Morgan fingerprint density at radius 2 is 2.00 bits per heavy atom. The van der Waals surface area contributed by atoms with Crippen LogP contribution < -0.4 is 5.32 Å². The van der Waals surface area contributed by atoms with Crippen LogP contribution in [0.2, 0.25) is 0 Å². The minimum Gasteiger partial charge on any atom is -0.359 e. The zero-order chi connectivity index (χ0) is 17.4. The molecule has 0 bridgehead atoms. The van der Waals surface area contributed by atoms with E-state index in [2.05, 4.69) is 61.0 Å². The molecule has 0 fully saturated rings. The Balaban J connectivity index is 3.94. The van der Waals surface area contributed by atoms with Crippen LogP contribution in [0.25, 0.3) is 17.7 Å². The van der Waals surface area contributed by atoms with E-state index in [0.717, 1.165) is 35.8 Å². The molecule has 0 aliphatic rings. The Hall–Kier alpha value is -2.29. The molecule has 0 spiro atoms. The molecule has 3 nitrogen and oxygen atoms in total. The zero-order valence-corrected chi connectivity index (χ0v) is 15.1. The first kappa shape index (κ1) is 18.8. The van der Waals surface area contributed by atoms with Gasteiger partial charge < -0.3 is 5.32 Å². The lowest BCUT2D eigenvalue weighted by molar-refractivity contribution is 0.972. The van der Waals surface area contributed by atoms with E-state index in [-0.39, 0.29) is 0 Å². The number of rotatable bonds is 6. The van der Waals surface area contributed by atoms with E-state index >= 15 is 0 Å². The van der Waals surface area contributed by atoms with Crippen LogP contribution >= 0.6 is 0 Å². The molecule has 124 valence electrons. The fraction of sp³-hybridized carbons (Fsp3) is 0.350. The molecule has 3 heteroatoms. The molecule has 1 rings (SSSR count). The van der Waals surface area contributed by atoms with Crippen LogP contribution in [-0.2, 0) is 6.42 Å². The van der Waals surface area contributed by atoms with Gasteiger partial charge in [-0.1, -0.05) is 51.3 Å². The van der Waals surface area contributed by atoms with Crippen LogP contribution in [0, 0.1) is 0 Å². The van der Waals surface area contributed by atoms with Crippen molar-refractivity contribution in [2.75, 3.05) is 14.1 Å². The van der Waals surface area contributed by atoms with E-state index in [1.165, 1.54) is 11.1 Å². The summed E-state index contributed by atoms with van der Waals surface area (Å²) >= 11 is 0. The Morgan fingerprint density at radius 1 is 1.30 bits per heavy atom. The van der Waals surface area contributed by atoms with E-state index in [4.69, 9.17) is 0 Å². The van der Waals surface area contributed by atoms with Crippen LogP contribution in [0.3, 0.4) is 0 Å². The molecule has 0 aliphatic heterocycles. The third-order valence-electron chi connectivity index (χ3n) is 3.81. The highest BCUT2D eigenvalue weighted by molar-refractivity contribution is 5.91. The van der Waals surface area contributed by atoms with Crippen LogP contribution in [0.4, 0.5) is 0 Å². The number of allylic oxidation sites excluding steroid dienone is 4. The van der Waals surface area contributed by atoms with E-state index < -0.39 is 0 Å². The van der Waals surface area contributed by atoms with Gasteiger partial charge in [0.25, 0.3) is 0 Å². The number of aliphatic imine (C=N–C) groups is 1. The van der Waals surface area contributed by atoms with Crippen LogP contribution in [0.5, 0.6) is 0 Å². The van der Waals surface area contributed by atoms with Crippen LogP contribution in [0.15, 0.2) is 36.4 Å². The van der Waals surface area contributed by atoms with Gasteiger partial charge in [-0.25, -0.2) is 0 Å². The monoisotopic (exact) mass is 311 g/mol. The summed E-state index contributed by atoms with van der Waals surface area (Å²) in [5, 5.41) is 3.20. The predicted octanol–water partition coefficient (Wildman–Crippen LogP) is 4.76. The molecule has 1 heterocycles. The Kier molecular flexibility index (Phi) is 7.33. The summed E-state index contributed by atoms with van der Waals surface area (Å²) in [5.41, 5.74) is 5.88. The average Bonchev–Trinajstić information content (AvgIpc) is 2.87. The van der Waals surface area contributed by atoms with Gasteiger partial charge in [-0.3, -0.25) is 9.56 Å². The van der Waals surface area contributed by atoms with Crippen molar-refractivity contribution in [1.82, 2.24) is 9.88 Å². The average molecular weight is 311 g/mol. The topological polar surface area (TPSA) is 29.3 Å². The summed E-state index contributed by atoms with van der Waals surface area (Å²) in [6.45, 7) is 14.3. The minimum absolute atomic E-state index is 0.815. The molecule has 1 aromatic rings. The molecule has 1 aromatic heterocycles. The number of aromatic nitrogens is 1. The molecular formula is C20H29N3. The molecule has 0 saturated carbocycles. The number of nitrogens with one attached hydrogen (secondary N) is 1. The highest BCUT2D eigenvalue weighted by atomic mass is 15.2. The third kappa shape index (κ3) is 3.73. The third-order valence-corrected chi connectivity index (χ3v) is 3.81. The van der Waals surface area contributed by atoms with Crippen molar-refractivity contribution in [2.24, 2.45) is 4.99 Å². The standard InChI is InChI=1S/C20H29N3/c1-8-12-14-18-16(10-3)17(11-4)19(15(5)13-9-2)23(18)20(21-6)22-7/h9-10,12-14H,2-3,8,11H2,1,4-7H3,(H,21,22)/b14-12-,15-13-. The molecule has 0 unspecified atom stereocenters. The fourth-order valence-electron chi connectivity index (χ4n) is 2.85. The first-order valence-corrected chi connectivity index (χ1v) is 8.12. The molecule has 0 radical (unpaired) electrons. The number of nitrogens with zero attached hydrogens (tertiary/aromatic N) is 2. The van der Waals surface area contributed by atoms with Gasteiger partial charge in [0.2, 0.25) is 5.96 Å². The Labute approximate surface area is 140 Å². The second-order valence-corrected chi connectivity index (χ2v) is 5.21. The summed E-state index contributed by atoms with van der Waals surface area (Å²) in [7, 11) is 3.69. The maximum atomic E-state index is 4.42. The Morgan fingerprint density at radius 3 is 2.43 bits per heavy atom. The molecule has 1 N–H and O–H groups in total. The summed E-state index contributed by atoms with van der Waals surface area (Å²) in [4.78, 5) is 4.42. The van der Waals surface area contributed by atoms with E-state index in [0.29, 0.717) is 0 Å². The zero-order valence-electron chi connectivity index (χ0n) is 15.1. The molecule has 0 amide bonds. The molecule has 0 aliphatic carbocycles. The SMILES string of the molecule is C=C/C=C(/C)c1c(CC)c(C=C)c(/C=C\CC)n1/C(=N\C)NC. The number of hydrogen-bond donors (Lipinski definition) is 1. The Bertz CT molecular complexity index is 655. The summed E-state index contributed by atoms with van der Waals surface area (Å²) in [6, 6.07) is 0. The highest BCUT2D eigenvalue weighted by Crippen LogP contribution is 2.31. The second-order valence-electron chi connectivity index (χ2n) is 5.21. The van der Waals surface area contributed by atoms with Crippen LogP contribution in [0.1, 0.15) is 49.7 Å². The van der Waals surface area contributed by atoms with Crippen molar-refractivity contribution in [3.05, 3.63) is 53.9 Å². The second kappa shape index (κ2) is 8.99. The summed E-state index contributed by atoms with van der Waals surface area (Å²) in [6.07, 6.45) is 12.0. The largest absolute Gasteiger partial charge is 0.359 e. The van der Waals surface area contributed by atoms with Gasteiger partial charge in [-0.2, -0.15) is 0 Å². The number of hydrogen-bond acceptors (Lipinski definition) is 1. The minimum atomic E-state index is 0.815. The van der Waals surface area contributed by atoms with Gasteiger partial charge in [0, 0.05) is 19.7 Å². The molecule has 0 atom stereocenters. The van der Waals surface area contributed by atoms with E-state index in [9.17, 15) is 0 Å². The lowest BCUT2D eigenvalue weighted by Gasteiger charge is -2.15. The first-order valence-electron chi connectivity index (χ1n) is 8.12. The van der Waals surface area contributed by atoms with Crippen LogP contribution in [-0.4, -0.2) is 24.6 Å². The van der Waals surface area contributed by atoms with Crippen molar-refractivity contribution in [3.8, 4) is 0 Å². The maximum absolute atomic E-state index is 4.42. The molecule has 0 saturated heterocycles. The van der Waals surface area contributed by atoms with Gasteiger partial charge in [0.15, 0.2) is 0 Å². The van der Waals surface area contributed by atoms with Crippen molar-refractivity contribution in [2.45, 2.75) is 33.6 Å². The van der Waals surface area contributed by atoms with Gasteiger partial charge in [-0.05, 0) is 37.0 Å². The van der Waals surface area contributed by atoms with Gasteiger partial charge >= 0.3 is 0 Å². The van der Waals surface area contributed by atoms with Gasteiger partial charge in [0.1, 0.15) is 0 Å². The first-order chi connectivity index (χ1) is 11.1. The van der Waals surface area contributed by atoms with E-state index in [1.807, 2.05) is 25.3 Å². The maximum Gasteiger partial charge on any atom is 0.202 e. The van der Waals surface area contributed by atoms with Crippen molar-refractivity contribution in [3.63, 3.8) is 0 Å². The molecular weight excluding hydrogens is 282 g/mol. The molecule has 0 aromatic carbocycles. The predicted molar refractivity (Wildman–Crippen MR) is 105 cm³/mol. The van der Waals surface area contributed by atoms with Gasteiger partial charge in [0.05, 0.1) is 11.4 Å². The normalized spacial score (nSPS) is 12.7. The quantitative estimate of drug-likeness (QED) is 0.458. The smallest absolute Gasteiger partial charge is 0.202 e. The lowest BCUT2D eigenvalue weighted by Crippen LogP contribution is -2.29. The van der Waals surface area contributed by atoms with Crippen molar-refractivity contribution >= 4 is 23.7 Å². The summed E-state index contributed by atoms with van der Waals surface area (Å²) in [5.74, 6) is 0.815. The van der Waals surface area contributed by atoms with E-state index in [1.54, 1.807) is 7.05 Å². The van der Waals surface area contributed by atoms with Crippen molar-refractivity contribution in [1.29, 1.82) is 0 Å². The lowest BCUT2D eigenvalue weighted by atomic mass is 10.0. The fourth-order valence-corrected chi connectivity index (χ4v) is 2.85.